The molecule has 0 aliphatic rings. The van der Waals surface area contributed by atoms with Gasteiger partial charge in [0.05, 0.1) is 4.92 Å². The molecule has 0 radical (unpaired) electrons. The molecule has 4 nitrogen and oxygen atoms in total. The van der Waals surface area contributed by atoms with Crippen LogP contribution < -0.4 is 5.73 Å². The largest absolute Gasteiger partial charge is 0.393 e. The molecule has 0 fully saturated rings. The summed E-state index contributed by atoms with van der Waals surface area (Å²) >= 11 is 1.38. The number of nitrogens with zero attached hydrogens (tertiary/aromatic N) is 1. The van der Waals surface area contributed by atoms with Gasteiger partial charge in [-0.15, -0.1) is 11.8 Å². The summed E-state index contributed by atoms with van der Waals surface area (Å²) in [6, 6.07) is 10.9. The van der Waals surface area contributed by atoms with Crippen molar-refractivity contribution in [2.45, 2.75) is 10.6 Å². The standard InChI is InChI=1S/C13H11FN2O2S/c14-10-4-2-5-11(7-10)19-8-9-3-1-6-12(13(9)15)16(17)18/h1-7H,8,15H2. The van der Waals surface area contributed by atoms with Gasteiger partial charge in [-0.2, -0.15) is 0 Å². The summed E-state index contributed by atoms with van der Waals surface area (Å²) in [5.74, 6) is 0.147. The lowest BCUT2D eigenvalue weighted by molar-refractivity contribution is -0.383. The third-order valence-corrected chi connectivity index (χ3v) is 3.60. The van der Waals surface area contributed by atoms with Gasteiger partial charge in [-0.3, -0.25) is 10.1 Å². The predicted molar refractivity (Wildman–Crippen MR) is 73.5 cm³/mol. The van der Waals surface area contributed by atoms with Crippen LogP contribution in [0.2, 0.25) is 0 Å². The molecule has 2 aromatic rings. The van der Waals surface area contributed by atoms with Crippen molar-refractivity contribution in [3.63, 3.8) is 0 Å². The summed E-state index contributed by atoms with van der Waals surface area (Å²) in [6.45, 7) is 0. The average molecular weight is 278 g/mol. The van der Waals surface area contributed by atoms with E-state index in [2.05, 4.69) is 0 Å². The Morgan fingerprint density at radius 2 is 2.00 bits per heavy atom. The number of nitro benzene ring substituents is 1. The van der Waals surface area contributed by atoms with E-state index in [1.54, 1.807) is 24.3 Å². The average Bonchev–Trinajstić information content (AvgIpc) is 2.37. The topological polar surface area (TPSA) is 69.2 Å². The fourth-order valence-corrected chi connectivity index (χ4v) is 2.55. The molecule has 0 heterocycles. The van der Waals surface area contributed by atoms with Crippen LogP contribution in [-0.4, -0.2) is 4.92 Å². The normalized spacial score (nSPS) is 10.4. The first kappa shape index (κ1) is 13.4. The number of hydrogen-bond donors (Lipinski definition) is 1. The second-order valence-corrected chi connectivity index (χ2v) is 4.90. The summed E-state index contributed by atoms with van der Waals surface area (Å²) in [5.41, 5.74) is 6.48. The van der Waals surface area contributed by atoms with Gasteiger partial charge >= 0.3 is 0 Å². The number of halogens is 1. The summed E-state index contributed by atoms with van der Waals surface area (Å²) in [6.07, 6.45) is 0. The Kier molecular flexibility index (Phi) is 4.01. The molecule has 2 rings (SSSR count). The van der Waals surface area contributed by atoms with Crippen LogP contribution in [-0.2, 0) is 5.75 Å². The molecule has 98 valence electrons. The molecule has 0 unspecified atom stereocenters. The van der Waals surface area contributed by atoms with Gasteiger partial charge in [0.1, 0.15) is 11.5 Å². The Morgan fingerprint density at radius 1 is 1.26 bits per heavy atom. The number of thioether (sulfide) groups is 1. The highest BCUT2D eigenvalue weighted by molar-refractivity contribution is 7.98. The predicted octanol–water partition coefficient (Wildman–Crippen LogP) is 3.61. The molecule has 2 N–H and O–H groups in total. The van der Waals surface area contributed by atoms with Gasteiger partial charge in [0.2, 0.25) is 0 Å². The van der Waals surface area contributed by atoms with Gasteiger partial charge in [0.15, 0.2) is 0 Å². The zero-order valence-corrected chi connectivity index (χ0v) is 10.7. The number of hydrogen-bond acceptors (Lipinski definition) is 4. The SMILES string of the molecule is Nc1c(CSc2cccc(F)c2)cccc1[N+](=O)[O-]. The first-order valence-electron chi connectivity index (χ1n) is 5.48. The Labute approximate surface area is 113 Å². The quantitative estimate of drug-likeness (QED) is 0.401. The van der Waals surface area contributed by atoms with E-state index in [-0.39, 0.29) is 17.2 Å². The zero-order chi connectivity index (χ0) is 13.8. The summed E-state index contributed by atoms with van der Waals surface area (Å²) < 4.78 is 13.0. The molecule has 6 heteroatoms. The first-order valence-corrected chi connectivity index (χ1v) is 6.46. The van der Waals surface area contributed by atoms with Crippen LogP contribution in [0.15, 0.2) is 47.4 Å². The van der Waals surface area contributed by atoms with E-state index < -0.39 is 4.92 Å². The van der Waals surface area contributed by atoms with Gasteiger partial charge in [0.25, 0.3) is 5.69 Å². The van der Waals surface area contributed by atoms with Gasteiger partial charge in [0, 0.05) is 16.7 Å². The van der Waals surface area contributed by atoms with Crippen LogP contribution in [0, 0.1) is 15.9 Å². The molecule has 2 aromatic carbocycles. The van der Waals surface area contributed by atoms with Gasteiger partial charge < -0.3 is 5.73 Å². The lowest BCUT2D eigenvalue weighted by Gasteiger charge is -2.06. The van der Waals surface area contributed by atoms with Crippen molar-refractivity contribution in [2.75, 3.05) is 5.73 Å². The Hall–Kier alpha value is -2.08. The monoisotopic (exact) mass is 278 g/mol. The van der Waals surface area contributed by atoms with Crippen molar-refractivity contribution in [1.82, 2.24) is 0 Å². The number of rotatable bonds is 4. The number of nitro groups is 1. The molecule has 0 amide bonds. The maximum atomic E-state index is 13.0. The van der Waals surface area contributed by atoms with E-state index in [4.69, 9.17) is 5.73 Å². The molecule has 0 saturated heterocycles. The van der Waals surface area contributed by atoms with E-state index in [0.29, 0.717) is 11.3 Å². The van der Waals surface area contributed by atoms with E-state index in [0.717, 1.165) is 4.90 Å². The highest BCUT2D eigenvalue weighted by Crippen LogP contribution is 2.30. The summed E-state index contributed by atoms with van der Waals surface area (Å²) in [7, 11) is 0. The Bertz CT molecular complexity index is 619. The van der Waals surface area contributed by atoms with Crippen molar-refractivity contribution in [3.8, 4) is 0 Å². The zero-order valence-electron chi connectivity index (χ0n) is 9.88. The van der Waals surface area contributed by atoms with E-state index in [1.807, 2.05) is 0 Å². The number of nitrogen functional groups attached to an aromatic ring is 1. The lowest BCUT2D eigenvalue weighted by atomic mass is 10.2. The van der Waals surface area contributed by atoms with Gasteiger partial charge in [-0.25, -0.2) is 4.39 Å². The third kappa shape index (κ3) is 3.23. The van der Waals surface area contributed by atoms with Crippen LogP contribution in [0.5, 0.6) is 0 Å². The minimum atomic E-state index is -0.508. The highest BCUT2D eigenvalue weighted by atomic mass is 32.2. The molecule has 19 heavy (non-hydrogen) atoms. The maximum Gasteiger partial charge on any atom is 0.292 e. The maximum absolute atomic E-state index is 13.0. The van der Waals surface area contributed by atoms with Crippen LogP contribution in [0.3, 0.4) is 0 Å². The second-order valence-electron chi connectivity index (χ2n) is 3.85. The number of benzene rings is 2. The van der Waals surface area contributed by atoms with Crippen LogP contribution >= 0.6 is 11.8 Å². The van der Waals surface area contributed by atoms with Crippen molar-refractivity contribution in [2.24, 2.45) is 0 Å². The van der Waals surface area contributed by atoms with Crippen molar-refractivity contribution >= 4 is 23.1 Å². The molecule has 0 atom stereocenters. The summed E-state index contributed by atoms with van der Waals surface area (Å²) in [4.78, 5) is 11.0. The lowest BCUT2D eigenvalue weighted by Crippen LogP contribution is -1.99. The minimum Gasteiger partial charge on any atom is -0.393 e. The molecular formula is C13H11FN2O2S. The minimum absolute atomic E-state index is 0.0997. The number of nitrogens with two attached hydrogens (primary N) is 1. The summed E-state index contributed by atoms with van der Waals surface area (Å²) in [5, 5.41) is 10.8. The highest BCUT2D eigenvalue weighted by Gasteiger charge is 2.14. The molecule has 0 saturated carbocycles. The molecule has 0 aliphatic carbocycles. The van der Waals surface area contributed by atoms with Gasteiger partial charge in [-0.1, -0.05) is 18.2 Å². The Morgan fingerprint density at radius 3 is 2.68 bits per heavy atom. The van der Waals surface area contributed by atoms with E-state index in [1.165, 1.54) is 30.0 Å². The fraction of sp³-hybridized carbons (Fsp3) is 0.0769. The van der Waals surface area contributed by atoms with E-state index >= 15 is 0 Å². The smallest absolute Gasteiger partial charge is 0.292 e. The van der Waals surface area contributed by atoms with Crippen molar-refractivity contribution in [1.29, 1.82) is 0 Å². The Balaban J connectivity index is 2.16. The number of anilines is 1. The molecule has 0 spiro atoms. The van der Waals surface area contributed by atoms with Gasteiger partial charge in [-0.05, 0) is 23.8 Å². The molecule has 0 aromatic heterocycles. The second kappa shape index (κ2) is 5.71. The molecule has 0 bridgehead atoms. The number of para-hydroxylation sites is 1. The fourth-order valence-electron chi connectivity index (χ4n) is 1.60. The van der Waals surface area contributed by atoms with Crippen LogP contribution in [0.4, 0.5) is 15.8 Å². The van der Waals surface area contributed by atoms with Crippen molar-refractivity contribution in [3.05, 3.63) is 64.0 Å². The van der Waals surface area contributed by atoms with Crippen molar-refractivity contribution < 1.29 is 9.31 Å². The molecule has 0 aliphatic heterocycles. The van der Waals surface area contributed by atoms with Crippen LogP contribution in [0.1, 0.15) is 5.56 Å². The first-order chi connectivity index (χ1) is 9.08. The van der Waals surface area contributed by atoms with E-state index in [9.17, 15) is 14.5 Å². The van der Waals surface area contributed by atoms with Crippen LogP contribution in [0.25, 0.3) is 0 Å². The molecular weight excluding hydrogens is 267 g/mol. The third-order valence-electron chi connectivity index (χ3n) is 2.56.